The number of carbonyl (C=O) groups is 1. The van der Waals surface area contributed by atoms with Crippen molar-refractivity contribution in [3.8, 4) is 0 Å². The van der Waals surface area contributed by atoms with Gasteiger partial charge in [-0.15, -0.1) is 11.3 Å². The van der Waals surface area contributed by atoms with E-state index in [2.05, 4.69) is 14.6 Å². The van der Waals surface area contributed by atoms with Gasteiger partial charge in [0, 0.05) is 17.3 Å². The number of nitrogens with zero attached hydrogens (tertiary/aromatic N) is 2. The summed E-state index contributed by atoms with van der Waals surface area (Å²) < 4.78 is 27.8. The van der Waals surface area contributed by atoms with E-state index in [0.29, 0.717) is 28.7 Å². The Morgan fingerprint density at radius 3 is 2.33 bits per heavy atom. The van der Waals surface area contributed by atoms with E-state index in [1.54, 1.807) is 24.3 Å². The molecule has 0 atom stereocenters. The van der Waals surface area contributed by atoms with Crippen LogP contribution in [0.15, 0.2) is 65.0 Å². The number of nitrogens with one attached hydrogen (secondary N) is 2. The van der Waals surface area contributed by atoms with Crippen LogP contribution in [0.3, 0.4) is 0 Å². The van der Waals surface area contributed by atoms with Crippen molar-refractivity contribution in [2.45, 2.75) is 4.21 Å². The highest BCUT2D eigenvalue weighted by Gasteiger charge is 2.26. The van der Waals surface area contributed by atoms with Crippen LogP contribution in [0.2, 0.25) is 4.34 Å². The Bertz CT molecular complexity index is 1130. The van der Waals surface area contributed by atoms with Crippen LogP contribution in [0.5, 0.6) is 0 Å². The number of amides is 1. The van der Waals surface area contributed by atoms with Crippen LogP contribution in [0.25, 0.3) is 0 Å². The monoisotopic (exact) mass is 463 g/mol. The maximum Gasteiger partial charge on any atom is 0.274 e. The number of halogens is 1. The number of thiophene rings is 1. The molecule has 0 radical (unpaired) electrons. The molecule has 10 heteroatoms. The third-order valence-electron chi connectivity index (χ3n) is 4.80. The number of H-pyrrole nitrogens is 1. The van der Waals surface area contributed by atoms with Crippen LogP contribution >= 0.6 is 22.9 Å². The van der Waals surface area contributed by atoms with Crippen molar-refractivity contribution in [2.24, 2.45) is 0 Å². The second-order valence-corrected chi connectivity index (χ2v) is 10.4. The fourth-order valence-electron chi connectivity index (χ4n) is 3.24. The average molecular weight is 464 g/mol. The summed E-state index contributed by atoms with van der Waals surface area (Å²) in [5, 5.41) is 0. The molecule has 1 amide bonds. The summed E-state index contributed by atoms with van der Waals surface area (Å²) >= 11 is 6.81. The first-order chi connectivity index (χ1) is 14.4. The molecule has 0 spiro atoms. The van der Waals surface area contributed by atoms with Gasteiger partial charge in [0.1, 0.15) is 17.3 Å². The number of aromatic amines is 1. The lowest BCUT2D eigenvalue weighted by Crippen LogP contribution is -2.50. The van der Waals surface area contributed by atoms with Gasteiger partial charge in [-0.25, -0.2) is 13.4 Å². The lowest BCUT2D eigenvalue weighted by atomic mass is 10.1. The Morgan fingerprint density at radius 1 is 1.00 bits per heavy atom. The van der Waals surface area contributed by atoms with Crippen molar-refractivity contribution < 1.29 is 18.2 Å². The van der Waals surface area contributed by atoms with E-state index in [4.69, 9.17) is 11.6 Å². The van der Waals surface area contributed by atoms with Crippen molar-refractivity contribution >= 4 is 50.4 Å². The molecule has 3 heterocycles. The van der Waals surface area contributed by atoms with Crippen LogP contribution in [-0.2, 0) is 10.0 Å². The minimum absolute atomic E-state index is 0.0638. The number of aromatic nitrogens is 1. The Balaban J connectivity index is 1.38. The van der Waals surface area contributed by atoms with Gasteiger partial charge in [-0.05, 0) is 42.5 Å². The van der Waals surface area contributed by atoms with E-state index in [1.807, 2.05) is 29.3 Å². The molecule has 1 fully saturated rings. The molecule has 156 valence electrons. The van der Waals surface area contributed by atoms with Gasteiger partial charge in [-0.3, -0.25) is 14.4 Å². The smallest absolute Gasteiger partial charge is 0.274 e. The molecule has 3 aromatic rings. The van der Waals surface area contributed by atoms with E-state index < -0.39 is 10.0 Å². The average Bonchev–Trinajstić information content (AvgIpc) is 3.22. The van der Waals surface area contributed by atoms with E-state index in [9.17, 15) is 13.2 Å². The largest absolute Gasteiger partial charge is 0.331 e. The number of carbonyl (C=O) groups excluding carboxylic acids is 1. The number of anilines is 2. The summed E-state index contributed by atoms with van der Waals surface area (Å²) in [5.41, 5.74) is 0.914. The fourth-order valence-corrected chi connectivity index (χ4v) is 5.78. The molecule has 1 saturated heterocycles. The maximum absolute atomic E-state index is 12.8. The summed E-state index contributed by atoms with van der Waals surface area (Å²) in [6.07, 6.45) is 1.88. The molecular formula is C20H20ClN4O3S2+. The Labute approximate surface area is 184 Å². The topological polar surface area (TPSA) is 83.9 Å². The number of sulfonamides is 1. The van der Waals surface area contributed by atoms with Crippen LogP contribution < -0.4 is 14.6 Å². The number of hydrogen-bond acceptors (Lipinski definition) is 5. The van der Waals surface area contributed by atoms with E-state index in [-0.39, 0.29) is 10.1 Å². The first-order valence-corrected chi connectivity index (χ1v) is 12.0. The molecule has 2 N–H and O–H groups in total. The standard InChI is InChI=1S/C20H19ClN4O3S2/c21-17-8-9-19(29-17)30(27,28)23-16-6-4-15(5-7-16)20(26)25-13-11-24(12-14-25)18-3-1-2-10-22-18/h1-10,23H,11-14H2/p+1. The van der Waals surface area contributed by atoms with Crippen molar-refractivity contribution in [1.82, 2.24) is 4.90 Å². The van der Waals surface area contributed by atoms with Gasteiger partial charge in [-0.1, -0.05) is 17.7 Å². The SMILES string of the molecule is O=C(c1ccc(NS(=O)(=O)c2ccc(Cl)s2)cc1)N1CCN(c2cccc[nH+]2)CC1. The van der Waals surface area contributed by atoms with Crippen molar-refractivity contribution in [3.63, 3.8) is 0 Å². The molecule has 2 aromatic heterocycles. The third-order valence-corrected chi connectivity index (χ3v) is 7.90. The molecule has 0 bridgehead atoms. The highest BCUT2D eigenvalue weighted by atomic mass is 35.5. The quantitative estimate of drug-likeness (QED) is 0.630. The zero-order valence-corrected chi connectivity index (χ0v) is 18.3. The maximum atomic E-state index is 12.8. The molecule has 0 aliphatic carbocycles. The third kappa shape index (κ3) is 4.58. The Hall–Kier alpha value is -2.62. The van der Waals surface area contributed by atoms with Gasteiger partial charge >= 0.3 is 0 Å². The van der Waals surface area contributed by atoms with Gasteiger partial charge in [0.25, 0.3) is 21.7 Å². The fraction of sp³-hybridized carbons (Fsp3) is 0.200. The molecule has 1 aliphatic rings. The number of pyridine rings is 1. The summed E-state index contributed by atoms with van der Waals surface area (Å²) in [4.78, 5) is 20.0. The highest BCUT2D eigenvalue weighted by molar-refractivity contribution is 7.94. The zero-order valence-electron chi connectivity index (χ0n) is 15.9. The van der Waals surface area contributed by atoms with Crippen molar-refractivity contribution in [2.75, 3.05) is 35.8 Å². The Kier molecular flexibility index (Phi) is 5.94. The molecule has 1 aliphatic heterocycles. The van der Waals surface area contributed by atoms with Gasteiger partial charge in [0.05, 0.1) is 23.6 Å². The second-order valence-electron chi connectivity index (χ2n) is 6.77. The highest BCUT2D eigenvalue weighted by Crippen LogP contribution is 2.27. The first-order valence-electron chi connectivity index (χ1n) is 9.31. The van der Waals surface area contributed by atoms with E-state index in [0.717, 1.165) is 30.2 Å². The minimum Gasteiger partial charge on any atom is -0.331 e. The summed E-state index contributed by atoms with van der Waals surface area (Å²) in [6.45, 7) is 2.73. The van der Waals surface area contributed by atoms with Crippen LogP contribution in [0.1, 0.15) is 10.4 Å². The van der Waals surface area contributed by atoms with E-state index >= 15 is 0 Å². The minimum atomic E-state index is -3.70. The predicted octanol–water partition coefficient (Wildman–Crippen LogP) is 2.98. The summed E-state index contributed by atoms with van der Waals surface area (Å²) in [7, 11) is -3.70. The molecule has 30 heavy (non-hydrogen) atoms. The predicted molar refractivity (Wildman–Crippen MR) is 118 cm³/mol. The summed E-state index contributed by atoms with van der Waals surface area (Å²) in [5.74, 6) is 0.972. The number of hydrogen-bond donors (Lipinski definition) is 1. The van der Waals surface area contributed by atoms with Gasteiger partial charge in [0.2, 0.25) is 0 Å². The van der Waals surface area contributed by atoms with Gasteiger partial charge in [0.15, 0.2) is 0 Å². The molecule has 4 rings (SSSR count). The Morgan fingerprint density at radius 2 is 1.73 bits per heavy atom. The molecule has 7 nitrogen and oxygen atoms in total. The van der Waals surface area contributed by atoms with Crippen molar-refractivity contribution in [3.05, 3.63) is 70.7 Å². The normalized spacial score (nSPS) is 14.6. The molecule has 0 unspecified atom stereocenters. The van der Waals surface area contributed by atoms with Gasteiger partial charge in [-0.2, -0.15) is 0 Å². The number of rotatable bonds is 5. The van der Waals surface area contributed by atoms with Gasteiger partial charge < -0.3 is 4.90 Å². The molecule has 1 aromatic carbocycles. The van der Waals surface area contributed by atoms with Crippen LogP contribution in [0, 0.1) is 0 Å². The zero-order chi connectivity index (χ0) is 21.1. The number of piperazine rings is 1. The lowest BCUT2D eigenvalue weighted by Gasteiger charge is -2.31. The molecule has 0 saturated carbocycles. The molecular weight excluding hydrogens is 444 g/mol. The lowest BCUT2D eigenvalue weighted by molar-refractivity contribution is -0.364. The van der Waals surface area contributed by atoms with Crippen LogP contribution in [-0.4, -0.2) is 45.4 Å². The first kappa shape index (κ1) is 20.6. The van der Waals surface area contributed by atoms with E-state index in [1.165, 1.54) is 12.1 Å². The second kappa shape index (κ2) is 8.63. The van der Waals surface area contributed by atoms with Crippen LogP contribution in [0.4, 0.5) is 11.5 Å². The van der Waals surface area contributed by atoms with Crippen molar-refractivity contribution in [1.29, 1.82) is 0 Å². The summed E-state index contributed by atoms with van der Waals surface area (Å²) in [6, 6.07) is 15.4. The number of benzene rings is 1.